The molecule has 1 atom stereocenters. The smallest absolute Gasteiger partial charge is 0.243 e. The van der Waals surface area contributed by atoms with Crippen molar-refractivity contribution in [2.45, 2.75) is 6.42 Å². The van der Waals surface area contributed by atoms with E-state index in [1.165, 1.54) is 0 Å². The molecule has 0 aliphatic heterocycles. The van der Waals surface area contributed by atoms with E-state index < -0.39 is 7.23 Å². The Labute approximate surface area is 54.1 Å². The molecule has 0 bridgehead atoms. The van der Waals surface area contributed by atoms with E-state index in [0.29, 0.717) is 13.0 Å². The van der Waals surface area contributed by atoms with Crippen LogP contribution in [0.5, 0.6) is 0 Å². The van der Waals surface area contributed by atoms with Crippen molar-refractivity contribution in [1.29, 1.82) is 0 Å². The molecule has 1 N–H and O–H groups in total. The largest absolute Gasteiger partial charge is 0.396 e. The van der Waals surface area contributed by atoms with Crippen LogP contribution in [-0.2, 0) is 9.09 Å². The predicted octanol–water partition coefficient (Wildman–Crippen LogP) is 0.705. The van der Waals surface area contributed by atoms with Gasteiger partial charge in [0, 0.05) is 6.61 Å². The monoisotopic (exact) mass is 156 g/mol. The lowest BCUT2D eigenvalue weighted by Gasteiger charge is -1.94. The van der Waals surface area contributed by atoms with Gasteiger partial charge in [0.25, 0.3) is 0 Å². The van der Waals surface area contributed by atoms with E-state index in [9.17, 15) is 4.57 Å². The predicted molar refractivity (Wildman–Crippen MR) is 35.6 cm³/mol. The molecule has 0 saturated carbocycles. The lowest BCUT2D eigenvalue weighted by molar-refractivity contribution is 0.242. The van der Waals surface area contributed by atoms with Crippen molar-refractivity contribution in [1.82, 2.24) is 0 Å². The van der Waals surface area contributed by atoms with Crippen molar-refractivity contribution in [3.05, 3.63) is 0 Å². The normalized spacial score (nSPS) is 13.8. The second-order valence-electron chi connectivity index (χ2n) is 1.19. The summed E-state index contributed by atoms with van der Waals surface area (Å²) in [5, 5.41) is 8.18. The minimum Gasteiger partial charge on any atom is -0.396 e. The molecule has 1 unspecified atom stereocenters. The van der Waals surface area contributed by atoms with E-state index in [4.69, 9.17) is 5.11 Å². The highest BCUT2D eigenvalue weighted by Gasteiger charge is 1.87. The molecule has 0 rings (SSSR count). The SMILES string of the molecule is O=[PH](S)OCCCO. The zero-order valence-corrected chi connectivity index (χ0v) is 6.23. The molecule has 0 aliphatic rings. The van der Waals surface area contributed by atoms with Crippen LogP contribution in [0.2, 0.25) is 0 Å². The fourth-order valence-corrected chi connectivity index (χ4v) is 0.817. The number of rotatable bonds is 4. The molecule has 50 valence electrons. The van der Waals surface area contributed by atoms with Gasteiger partial charge in [-0.3, -0.25) is 4.57 Å². The molecule has 3 nitrogen and oxygen atoms in total. The summed E-state index contributed by atoms with van der Waals surface area (Å²) in [5.74, 6) is 0. The standard InChI is InChI=1S/C3H9O3PS/c4-2-1-3-6-7(5)8/h4,7H,1-3H2,(H,5,8). The van der Waals surface area contributed by atoms with Crippen molar-refractivity contribution in [2.24, 2.45) is 0 Å². The second-order valence-corrected chi connectivity index (χ2v) is 3.11. The Morgan fingerprint density at radius 1 is 1.75 bits per heavy atom. The van der Waals surface area contributed by atoms with E-state index in [2.05, 4.69) is 16.8 Å². The third kappa shape index (κ3) is 6.50. The van der Waals surface area contributed by atoms with Gasteiger partial charge in [-0.2, -0.15) is 0 Å². The molecule has 0 aromatic rings. The molecule has 0 fully saturated rings. The number of hydrogen-bond acceptors (Lipinski definition) is 3. The molecule has 8 heavy (non-hydrogen) atoms. The van der Waals surface area contributed by atoms with Gasteiger partial charge in [-0.25, -0.2) is 0 Å². The summed E-state index contributed by atoms with van der Waals surface area (Å²) in [5.41, 5.74) is 0. The molecule has 5 heteroatoms. The molecular weight excluding hydrogens is 147 g/mol. The lowest BCUT2D eigenvalue weighted by atomic mass is 10.5. The highest BCUT2D eigenvalue weighted by Crippen LogP contribution is 2.26. The second kappa shape index (κ2) is 5.63. The first-order chi connectivity index (χ1) is 3.77. The molecule has 0 saturated heterocycles. The first-order valence-electron chi connectivity index (χ1n) is 2.24. The molecule has 0 amide bonds. The van der Waals surface area contributed by atoms with Crippen molar-refractivity contribution >= 4 is 19.5 Å². The first kappa shape index (κ1) is 8.50. The van der Waals surface area contributed by atoms with Crippen LogP contribution < -0.4 is 0 Å². The molecule has 0 spiro atoms. The summed E-state index contributed by atoms with van der Waals surface area (Å²) in [6, 6.07) is 0. The van der Waals surface area contributed by atoms with E-state index in [0.717, 1.165) is 0 Å². The van der Waals surface area contributed by atoms with Crippen LogP contribution in [0.15, 0.2) is 0 Å². The van der Waals surface area contributed by atoms with E-state index >= 15 is 0 Å². The maximum Gasteiger partial charge on any atom is 0.243 e. The molecule has 0 aromatic carbocycles. The van der Waals surface area contributed by atoms with Gasteiger partial charge in [-0.15, -0.1) is 0 Å². The highest BCUT2D eigenvalue weighted by molar-refractivity contribution is 8.39. The van der Waals surface area contributed by atoms with Crippen LogP contribution in [0.25, 0.3) is 0 Å². The third-order valence-electron chi connectivity index (χ3n) is 0.528. The summed E-state index contributed by atoms with van der Waals surface area (Å²) >= 11 is 3.51. The van der Waals surface area contributed by atoms with Crippen LogP contribution in [0.1, 0.15) is 6.42 Å². The first-order valence-corrected chi connectivity index (χ1v) is 4.84. The zero-order valence-electron chi connectivity index (χ0n) is 4.33. The van der Waals surface area contributed by atoms with Crippen LogP contribution in [0.3, 0.4) is 0 Å². The van der Waals surface area contributed by atoms with Crippen molar-refractivity contribution in [3.63, 3.8) is 0 Å². The molecular formula is C3H9O3PS. The van der Waals surface area contributed by atoms with E-state index in [1.54, 1.807) is 0 Å². The average Bonchev–Trinajstić information content (AvgIpc) is 1.66. The molecule has 0 aliphatic carbocycles. The minimum absolute atomic E-state index is 0.0723. The third-order valence-corrected chi connectivity index (χ3v) is 1.37. The zero-order chi connectivity index (χ0) is 6.41. The van der Waals surface area contributed by atoms with Crippen LogP contribution in [0, 0.1) is 0 Å². The Morgan fingerprint density at radius 3 is 2.75 bits per heavy atom. The Bertz CT molecular complexity index is 76.9. The summed E-state index contributed by atoms with van der Waals surface area (Å²) < 4.78 is 14.6. The fourth-order valence-electron chi connectivity index (χ4n) is 0.224. The molecule has 0 radical (unpaired) electrons. The van der Waals surface area contributed by atoms with Gasteiger partial charge in [0.1, 0.15) is 0 Å². The highest BCUT2D eigenvalue weighted by atomic mass is 32.7. The van der Waals surface area contributed by atoms with Crippen LogP contribution in [0.4, 0.5) is 0 Å². The summed E-state index contributed by atoms with van der Waals surface area (Å²) in [6.45, 7) is 0.403. The maximum atomic E-state index is 10.1. The number of aliphatic hydroxyl groups is 1. The van der Waals surface area contributed by atoms with Crippen LogP contribution in [-0.4, -0.2) is 18.3 Å². The van der Waals surface area contributed by atoms with Gasteiger partial charge in [0.15, 0.2) is 0 Å². The van der Waals surface area contributed by atoms with E-state index in [1.807, 2.05) is 0 Å². The van der Waals surface area contributed by atoms with E-state index in [-0.39, 0.29) is 6.61 Å². The summed E-state index contributed by atoms with van der Waals surface area (Å²) in [7, 11) is -2.07. The summed E-state index contributed by atoms with van der Waals surface area (Å²) in [4.78, 5) is 0. The number of hydrogen-bond donors (Lipinski definition) is 2. The minimum atomic E-state index is -2.07. The number of aliphatic hydroxyl groups excluding tert-OH is 1. The van der Waals surface area contributed by atoms with Crippen molar-refractivity contribution < 1.29 is 14.2 Å². The van der Waals surface area contributed by atoms with Gasteiger partial charge < -0.3 is 9.63 Å². The average molecular weight is 156 g/mol. The molecule has 0 aromatic heterocycles. The topological polar surface area (TPSA) is 46.5 Å². The van der Waals surface area contributed by atoms with Crippen molar-refractivity contribution in [2.75, 3.05) is 13.2 Å². The Hall–Kier alpha value is 0.500. The quantitative estimate of drug-likeness (QED) is 0.358. The van der Waals surface area contributed by atoms with Gasteiger partial charge in [-0.05, 0) is 6.42 Å². The Morgan fingerprint density at radius 2 is 2.38 bits per heavy atom. The molecule has 0 heterocycles. The lowest BCUT2D eigenvalue weighted by Crippen LogP contribution is -1.88. The number of thiol groups is 1. The van der Waals surface area contributed by atoms with Gasteiger partial charge in [-0.1, -0.05) is 12.2 Å². The van der Waals surface area contributed by atoms with Crippen molar-refractivity contribution in [3.8, 4) is 0 Å². The fraction of sp³-hybridized carbons (Fsp3) is 1.00. The van der Waals surface area contributed by atoms with Gasteiger partial charge in [0.2, 0.25) is 7.23 Å². The van der Waals surface area contributed by atoms with Gasteiger partial charge in [0.05, 0.1) is 6.61 Å². The summed E-state index contributed by atoms with van der Waals surface area (Å²) in [6.07, 6.45) is 0.525. The Kier molecular flexibility index (Phi) is 5.99. The van der Waals surface area contributed by atoms with Crippen LogP contribution >= 0.6 is 19.5 Å². The maximum absolute atomic E-state index is 10.1. The Balaban J connectivity index is 2.82. The van der Waals surface area contributed by atoms with Gasteiger partial charge >= 0.3 is 0 Å².